The molecule has 2 aromatic heterocycles. The van der Waals surface area contributed by atoms with Crippen LogP contribution in [0.2, 0.25) is 0 Å². The van der Waals surface area contributed by atoms with Crippen LogP contribution in [0.5, 0.6) is 0 Å². The molecule has 2 rings (SSSR count). The first-order valence-electron chi connectivity index (χ1n) is 5.83. The van der Waals surface area contributed by atoms with Crippen LogP contribution in [0.25, 0.3) is 5.65 Å². The van der Waals surface area contributed by atoms with E-state index < -0.39 is 12.0 Å². The number of nitrogens with two attached hydrogens (primary N) is 1. The first kappa shape index (κ1) is 13.2. The van der Waals surface area contributed by atoms with Crippen molar-refractivity contribution in [1.29, 1.82) is 0 Å². The van der Waals surface area contributed by atoms with Crippen molar-refractivity contribution in [3.8, 4) is 0 Å². The van der Waals surface area contributed by atoms with Gasteiger partial charge >= 0.3 is 5.97 Å². The number of rotatable bonds is 4. The SMILES string of the molecule is COC(=O)[C@H](N)Cc1ccc2nc(C)c(C=O)n2c1. The number of fused-ring (bicyclic) bond motifs is 1. The molecular weight excluding hydrogens is 246 g/mol. The van der Waals surface area contributed by atoms with E-state index in [4.69, 9.17) is 5.73 Å². The Morgan fingerprint density at radius 3 is 2.95 bits per heavy atom. The second-order valence-corrected chi connectivity index (χ2v) is 4.30. The summed E-state index contributed by atoms with van der Waals surface area (Å²) in [6.07, 6.45) is 2.87. The zero-order valence-corrected chi connectivity index (χ0v) is 10.8. The predicted octanol–water partition coefficient (Wildman–Crippen LogP) is 0.498. The van der Waals surface area contributed by atoms with Crippen LogP contribution >= 0.6 is 0 Å². The van der Waals surface area contributed by atoms with E-state index >= 15 is 0 Å². The fraction of sp³-hybridized carbons (Fsp3) is 0.308. The van der Waals surface area contributed by atoms with Gasteiger partial charge in [-0.2, -0.15) is 0 Å². The zero-order valence-electron chi connectivity index (χ0n) is 10.8. The van der Waals surface area contributed by atoms with Crippen molar-refractivity contribution in [2.45, 2.75) is 19.4 Å². The average molecular weight is 261 g/mol. The average Bonchev–Trinajstić information content (AvgIpc) is 2.72. The van der Waals surface area contributed by atoms with Crippen LogP contribution in [0.15, 0.2) is 18.3 Å². The highest BCUT2D eigenvalue weighted by molar-refractivity contribution is 5.77. The summed E-state index contributed by atoms with van der Waals surface area (Å²) in [5, 5.41) is 0. The summed E-state index contributed by atoms with van der Waals surface area (Å²) >= 11 is 0. The summed E-state index contributed by atoms with van der Waals surface area (Å²) in [4.78, 5) is 26.6. The van der Waals surface area contributed by atoms with Gasteiger partial charge in [0.1, 0.15) is 17.4 Å². The van der Waals surface area contributed by atoms with Gasteiger partial charge in [0, 0.05) is 6.20 Å². The van der Waals surface area contributed by atoms with E-state index in [9.17, 15) is 9.59 Å². The van der Waals surface area contributed by atoms with Crippen molar-refractivity contribution < 1.29 is 14.3 Å². The minimum absolute atomic E-state index is 0.345. The number of carbonyl (C=O) groups excluding carboxylic acids is 2. The number of carbonyl (C=O) groups is 2. The van der Waals surface area contributed by atoms with Gasteiger partial charge in [-0.25, -0.2) is 4.98 Å². The summed E-state index contributed by atoms with van der Waals surface area (Å²) in [6, 6.07) is 2.91. The Bertz CT molecular complexity index is 633. The fourth-order valence-corrected chi connectivity index (χ4v) is 1.98. The second-order valence-electron chi connectivity index (χ2n) is 4.30. The zero-order chi connectivity index (χ0) is 14.0. The number of aromatic nitrogens is 2. The van der Waals surface area contributed by atoms with Crippen LogP contribution in [0.1, 0.15) is 21.7 Å². The molecule has 6 nitrogen and oxygen atoms in total. The molecule has 0 aliphatic heterocycles. The van der Waals surface area contributed by atoms with Gasteiger partial charge in [-0.3, -0.25) is 14.0 Å². The molecule has 0 aliphatic rings. The molecule has 0 fully saturated rings. The van der Waals surface area contributed by atoms with Gasteiger partial charge in [-0.15, -0.1) is 0 Å². The number of hydrogen-bond donors (Lipinski definition) is 1. The first-order valence-corrected chi connectivity index (χ1v) is 5.83. The highest BCUT2D eigenvalue weighted by atomic mass is 16.5. The van der Waals surface area contributed by atoms with E-state index in [2.05, 4.69) is 9.72 Å². The number of methoxy groups -OCH3 is 1. The summed E-state index contributed by atoms with van der Waals surface area (Å²) in [6.45, 7) is 1.77. The third-order valence-electron chi connectivity index (χ3n) is 2.97. The summed E-state index contributed by atoms with van der Waals surface area (Å²) < 4.78 is 6.28. The minimum Gasteiger partial charge on any atom is -0.468 e. The van der Waals surface area contributed by atoms with E-state index in [1.54, 1.807) is 23.6 Å². The molecule has 2 aromatic rings. The van der Waals surface area contributed by atoms with Gasteiger partial charge in [0.2, 0.25) is 0 Å². The number of aldehydes is 1. The molecule has 0 radical (unpaired) electrons. The maximum absolute atomic E-state index is 11.3. The van der Waals surface area contributed by atoms with Crippen molar-refractivity contribution in [3.63, 3.8) is 0 Å². The highest BCUT2D eigenvalue weighted by Gasteiger charge is 2.15. The predicted molar refractivity (Wildman–Crippen MR) is 69.0 cm³/mol. The molecular formula is C13H15N3O3. The lowest BCUT2D eigenvalue weighted by Gasteiger charge is -2.09. The quantitative estimate of drug-likeness (QED) is 0.639. The number of esters is 1. The van der Waals surface area contributed by atoms with Gasteiger partial charge < -0.3 is 10.5 Å². The maximum Gasteiger partial charge on any atom is 0.322 e. The molecule has 0 amide bonds. The molecule has 0 saturated carbocycles. The van der Waals surface area contributed by atoms with Crippen LogP contribution in [-0.2, 0) is 16.0 Å². The maximum atomic E-state index is 11.3. The van der Waals surface area contributed by atoms with Crippen molar-refractivity contribution in [2.75, 3.05) is 7.11 Å². The van der Waals surface area contributed by atoms with Gasteiger partial charge in [0.15, 0.2) is 6.29 Å². The third-order valence-corrected chi connectivity index (χ3v) is 2.97. The highest BCUT2D eigenvalue weighted by Crippen LogP contribution is 2.13. The number of ether oxygens (including phenoxy) is 1. The van der Waals surface area contributed by atoms with Crippen molar-refractivity contribution in [1.82, 2.24) is 9.38 Å². The van der Waals surface area contributed by atoms with E-state index in [0.717, 1.165) is 11.8 Å². The van der Waals surface area contributed by atoms with Gasteiger partial charge in [-0.05, 0) is 25.0 Å². The van der Waals surface area contributed by atoms with Gasteiger partial charge in [0.05, 0.1) is 12.8 Å². The van der Waals surface area contributed by atoms with Gasteiger partial charge in [0.25, 0.3) is 0 Å². The molecule has 6 heteroatoms. The molecule has 0 aliphatic carbocycles. The molecule has 2 heterocycles. The number of pyridine rings is 1. The molecule has 0 unspecified atom stereocenters. The molecule has 1 atom stereocenters. The molecule has 0 saturated heterocycles. The number of hydrogen-bond acceptors (Lipinski definition) is 5. The molecule has 2 N–H and O–H groups in total. The van der Waals surface area contributed by atoms with E-state index in [1.807, 2.05) is 6.07 Å². The summed E-state index contributed by atoms with van der Waals surface area (Å²) in [5.74, 6) is -0.461. The van der Waals surface area contributed by atoms with Crippen LogP contribution in [0, 0.1) is 6.92 Å². The lowest BCUT2D eigenvalue weighted by molar-refractivity contribution is -0.142. The Labute approximate surface area is 110 Å². The molecule has 100 valence electrons. The standard InChI is InChI=1S/C13H15N3O3/c1-8-11(7-17)16-6-9(3-4-12(16)15-8)5-10(14)13(18)19-2/h3-4,6-7,10H,5,14H2,1-2H3/t10-/m1/s1. The van der Waals surface area contributed by atoms with Gasteiger partial charge in [-0.1, -0.05) is 6.07 Å². The summed E-state index contributed by atoms with van der Waals surface area (Å²) in [7, 11) is 1.30. The molecule has 19 heavy (non-hydrogen) atoms. The largest absolute Gasteiger partial charge is 0.468 e. The lowest BCUT2D eigenvalue weighted by Crippen LogP contribution is -2.33. The minimum atomic E-state index is -0.716. The Morgan fingerprint density at radius 1 is 1.58 bits per heavy atom. The Hall–Kier alpha value is -2.21. The number of nitrogens with zero attached hydrogens (tertiary/aromatic N) is 2. The van der Waals surface area contributed by atoms with E-state index in [-0.39, 0.29) is 0 Å². The van der Waals surface area contributed by atoms with Crippen molar-refractivity contribution in [2.24, 2.45) is 5.73 Å². The van der Waals surface area contributed by atoms with Crippen molar-refractivity contribution in [3.05, 3.63) is 35.3 Å². The number of aryl methyl sites for hydroxylation is 1. The Kier molecular flexibility index (Phi) is 3.62. The summed E-state index contributed by atoms with van der Waals surface area (Å²) in [5.41, 5.74) is 8.41. The fourth-order valence-electron chi connectivity index (χ4n) is 1.98. The second kappa shape index (κ2) is 5.19. The Balaban J connectivity index is 2.35. The van der Waals surface area contributed by atoms with Crippen molar-refractivity contribution >= 4 is 17.9 Å². The third kappa shape index (κ3) is 2.48. The monoisotopic (exact) mass is 261 g/mol. The van der Waals surface area contributed by atoms with E-state index in [1.165, 1.54) is 7.11 Å². The van der Waals surface area contributed by atoms with E-state index in [0.29, 0.717) is 23.5 Å². The lowest BCUT2D eigenvalue weighted by atomic mass is 10.1. The topological polar surface area (TPSA) is 86.7 Å². The van der Waals surface area contributed by atoms with Crippen LogP contribution < -0.4 is 5.73 Å². The van der Waals surface area contributed by atoms with Crippen LogP contribution in [0.3, 0.4) is 0 Å². The normalized spacial score (nSPS) is 12.4. The van der Waals surface area contributed by atoms with Crippen LogP contribution in [0.4, 0.5) is 0 Å². The number of imidazole rings is 1. The molecule has 0 spiro atoms. The smallest absolute Gasteiger partial charge is 0.322 e. The Morgan fingerprint density at radius 2 is 2.32 bits per heavy atom. The molecule has 0 bridgehead atoms. The van der Waals surface area contributed by atoms with Crippen LogP contribution in [-0.4, -0.2) is 34.8 Å². The first-order chi connectivity index (χ1) is 9.06. The molecule has 0 aromatic carbocycles.